The zero-order valence-electron chi connectivity index (χ0n) is 35.8. The van der Waals surface area contributed by atoms with Gasteiger partial charge in [-0.1, -0.05) is 172 Å². The lowest BCUT2D eigenvalue weighted by molar-refractivity contribution is 0.660. The fraction of sp³-hybridized carbons (Fsp3) is 0.0500. The van der Waals surface area contributed by atoms with Gasteiger partial charge in [-0.15, -0.1) is 0 Å². The number of rotatable bonds is 6. The van der Waals surface area contributed by atoms with Gasteiger partial charge in [0, 0.05) is 49.3 Å². The van der Waals surface area contributed by atoms with Gasteiger partial charge in [-0.2, -0.15) is 0 Å². The number of hydrogen-bond acceptors (Lipinski definition) is 4. The van der Waals surface area contributed by atoms with E-state index in [1.54, 1.807) is 0 Å². The summed E-state index contributed by atoms with van der Waals surface area (Å²) in [5.74, 6) is 1.81. The van der Waals surface area contributed by atoms with Crippen LogP contribution in [0.3, 0.4) is 0 Å². The molecule has 3 aromatic heterocycles. The normalized spacial score (nSPS) is 12.9. The van der Waals surface area contributed by atoms with Crippen molar-refractivity contribution in [1.29, 1.82) is 0 Å². The van der Waals surface area contributed by atoms with Crippen LogP contribution >= 0.6 is 0 Å². The predicted octanol–water partition coefficient (Wildman–Crippen LogP) is 15.5. The Morgan fingerprint density at radius 1 is 0.385 bits per heavy atom. The highest BCUT2D eigenvalue weighted by atomic mass is 16.3. The molecule has 0 unspecified atom stereocenters. The molecule has 12 aromatic rings. The molecule has 0 amide bonds. The molecule has 5 nitrogen and oxygen atoms in total. The molecule has 1 aliphatic carbocycles. The number of para-hydroxylation sites is 2. The Kier molecular flexibility index (Phi) is 8.18. The van der Waals surface area contributed by atoms with E-state index >= 15 is 0 Å². The molecule has 5 heteroatoms. The molecule has 9 aromatic carbocycles. The summed E-state index contributed by atoms with van der Waals surface area (Å²) in [5.41, 5.74) is 17.1. The molecule has 0 fully saturated rings. The van der Waals surface area contributed by atoms with Gasteiger partial charge in [0.2, 0.25) is 0 Å². The number of nitrogens with zero attached hydrogens (tertiary/aromatic N) is 4. The average molecular weight is 833 g/mol. The van der Waals surface area contributed by atoms with E-state index < -0.39 is 0 Å². The molecule has 13 rings (SSSR count). The Balaban J connectivity index is 1.01. The summed E-state index contributed by atoms with van der Waals surface area (Å²) in [6.07, 6.45) is 0. The summed E-state index contributed by atoms with van der Waals surface area (Å²) < 4.78 is 9.04. The summed E-state index contributed by atoms with van der Waals surface area (Å²) in [4.78, 5) is 16.1. The Bertz CT molecular complexity index is 3860. The third-order valence-electron chi connectivity index (χ3n) is 13.5. The summed E-state index contributed by atoms with van der Waals surface area (Å²) in [6, 6.07) is 73.0. The largest absolute Gasteiger partial charge is 0.456 e. The topological polar surface area (TPSA) is 56.7 Å². The Morgan fingerprint density at radius 2 is 0.985 bits per heavy atom. The Morgan fingerprint density at radius 3 is 1.83 bits per heavy atom. The molecule has 0 saturated carbocycles. The first kappa shape index (κ1) is 37.2. The smallest absolute Gasteiger partial charge is 0.164 e. The van der Waals surface area contributed by atoms with Crippen LogP contribution in [-0.2, 0) is 5.41 Å². The van der Waals surface area contributed by atoms with Gasteiger partial charge in [0.25, 0.3) is 0 Å². The minimum absolute atomic E-state index is 0.176. The SMILES string of the molecule is CC1(C)c2ccccc2-c2c(-c3nc(-c4ccc5c(c4)oc4cccc(-c6cccc(-c7ccccc7)c6)c45)nc(-c4ccc5c6ccccc6n(-c6ccccc6)c5c4)n3)cccc21. The quantitative estimate of drug-likeness (QED) is 0.167. The van der Waals surface area contributed by atoms with Gasteiger partial charge in [0.05, 0.1) is 11.0 Å². The highest BCUT2D eigenvalue weighted by Crippen LogP contribution is 2.52. The molecule has 65 heavy (non-hydrogen) atoms. The van der Waals surface area contributed by atoms with Crippen LogP contribution in [-0.4, -0.2) is 19.5 Å². The zero-order valence-corrected chi connectivity index (χ0v) is 35.8. The number of benzene rings is 9. The summed E-state index contributed by atoms with van der Waals surface area (Å²) in [6.45, 7) is 4.61. The number of aromatic nitrogens is 4. The average Bonchev–Trinajstić information content (AvgIpc) is 3.99. The number of hydrogen-bond donors (Lipinski definition) is 0. The predicted molar refractivity (Wildman–Crippen MR) is 266 cm³/mol. The van der Waals surface area contributed by atoms with Crippen LogP contribution in [0.15, 0.2) is 211 Å². The van der Waals surface area contributed by atoms with Crippen LogP contribution in [0, 0.1) is 0 Å². The van der Waals surface area contributed by atoms with Crippen molar-refractivity contribution in [2.45, 2.75) is 19.3 Å². The minimum Gasteiger partial charge on any atom is -0.456 e. The fourth-order valence-corrected chi connectivity index (χ4v) is 10.4. The van der Waals surface area contributed by atoms with E-state index in [1.807, 2.05) is 0 Å². The van der Waals surface area contributed by atoms with E-state index in [4.69, 9.17) is 19.4 Å². The van der Waals surface area contributed by atoms with E-state index in [0.29, 0.717) is 17.5 Å². The van der Waals surface area contributed by atoms with Gasteiger partial charge in [-0.3, -0.25) is 0 Å². The summed E-state index contributed by atoms with van der Waals surface area (Å²) in [7, 11) is 0. The van der Waals surface area contributed by atoms with Crippen molar-refractivity contribution in [3.05, 3.63) is 217 Å². The van der Waals surface area contributed by atoms with Gasteiger partial charge in [-0.05, 0) is 93.0 Å². The van der Waals surface area contributed by atoms with E-state index in [-0.39, 0.29) is 5.41 Å². The molecule has 3 heterocycles. The van der Waals surface area contributed by atoms with Crippen LogP contribution in [0.5, 0.6) is 0 Å². The van der Waals surface area contributed by atoms with Crippen molar-refractivity contribution < 1.29 is 4.42 Å². The molecule has 0 radical (unpaired) electrons. The maximum atomic E-state index is 6.70. The molecule has 0 atom stereocenters. The molecule has 1 aliphatic rings. The van der Waals surface area contributed by atoms with Gasteiger partial charge >= 0.3 is 0 Å². The standard InChI is InChI=1S/C60H40N4O/c1-60(2)49-26-11-9-23-46(49)55-48(25-14-27-50(55)60)59-62-57(40-30-32-45-44-22-10-12-28-51(44)64(52(45)35-40)42-20-7-4-8-21-42)61-58(63-59)41-31-33-47-54(36-41)65-53-29-15-24-43(56(47)53)39-19-13-18-38(34-39)37-16-5-3-6-17-37/h3-36H,1-2H3. The third kappa shape index (κ3) is 5.82. The zero-order chi connectivity index (χ0) is 43.2. The Hall–Kier alpha value is -8.41. The Labute approximate surface area is 376 Å². The molecule has 0 N–H and O–H groups in total. The first-order chi connectivity index (χ1) is 32.0. The molecule has 0 aliphatic heterocycles. The van der Waals surface area contributed by atoms with Crippen LogP contribution in [0.1, 0.15) is 25.0 Å². The molecule has 0 saturated heterocycles. The second kappa shape index (κ2) is 14.3. The molecular formula is C60H40N4O. The monoisotopic (exact) mass is 832 g/mol. The maximum Gasteiger partial charge on any atom is 0.164 e. The van der Waals surface area contributed by atoms with Crippen LogP contribution in [0.4, 0.5) is 0 Å². The highest BCUT2D eigenvalue weighted by Gasteiger charge is 2.37. The van der Waals surface area contributed by atoms with Crippen molar-refractivity contribution in [2.24, 2.45) is 0 Å². The first-order valence-corrected chi connectivity index (χ1v) is 22.2. The van der Waals surface area contributed by atoms with Crippen molar-refractivity contribution >= 4 is 43.7 Å². The van der Waals surface area contributed by atoms with E-state index in [0.717, 1.165) is 66.5 Å². The lowest BCUT2D eigenvalue weighted by atomic mass is 9.82. The number of fused-ring (bicyclic) bond motifs is 9. The second-order valence-corrected chi connectivity index (χ2v) is 17.6. The van der Waals surface area contributed by atoms with Crippen molar-refractivity contribution in [3.63, 3.8) is 0 Å². The maximum absolute atomic E-state index is 6.70. The van der Waals surface area contributed by atoms with E-state index in [9.17, 15) is 0 Å². The van der Waals surface area contributed by atoms with Crippen LogP contribution < -0.4 is 0 Å². The van der Waals surface area contributed by atoms with Crippen molar-refractivity contribution in [2.75, 3.05) is 0 Å². The van der Waals surface area contributed by atoms with Crippen LogP contribution in [0.25, 0.3) is 117 Å². The van der Waals surface area contributed by atoms with Crippen molar-refractivity contribution in [1.82, 2.24) is 19.5 Å². The number of furan rings is 1. The van der Waals surface area contributed by atoms with E-state index in [2.05, 4.69) is 225 Å². The first-order valence-electron chi connectivity index (χ1n) is 22.2. The van der Waals surface area contributed by atoms with Gasteiger partial charge in [0.15, 0.2) is 17.5 Å². The van der Waals surface area contributed by atoms with Gasteiger partial charge in [-0.25, -0.2) is 15.0 Å². The summed E-state index contributed by atoms with van der Waals surface area (Å²) in [5, 5.41) is 4.49. The van der Waals surface area contributed by atoms with Crippen LogP contribution in [0.2, 0.25) is 0 Å². The molecule has 0 spiro atoms. The highest BCUT2D eigenvalue weighted by molar-refractivity contribution is 6.13. The van der Waals surface area contributed by atoms with Crippen molar-refractivity contribution in [3.8, 4) is 73.2 Å². The van der Waals surface area contributed by atoms with E-state index in [1.165, 1.54) is 44.2 Å². The lowest BCUT2D eigenvalue weighted by Crippen LogP contribution is -2.14. The minimum atomic E-state index is -0.176. The molecule has 306 valence electrons. The third-order valence-corrected chi connectivity index (χ3v) is 13.5. The molecular weight excluding hydrogens is 793 g/mol. The lowest BCUT2D eigenvalue weighted by Gasteiger charge is -2.21. The fourth-order valence-electron chi connectivity index (χ4n) is 10.4. The van der Waals surface area contributed by atoms with Gasteiger partial charge in [0.1, 0.15) is 11.2 Å². The van der Waals surface area contributed by atoms with Gasteiger partial charge < -0.3 is 8.98 Å². The second-order valence-electron chi connectivity index (χ2n) is 17.6. The molecule has 0 bridgehead atoms. The summed E-state index contributed by atoms with van der Waals surface area (Å²) >= 11 is 0.